The van der Waals surface area contributed by atoms with E-state index >= 15 is 0 Å². The topological polar surface area (TPSA) is 42.9 Å². The Hall–Kier alpha value is -1.51. The number of hydrogen-bond acceptors (Lipinski definition) is 4. The van der Waals surface area contributed by atoms with Crippen molar-refractivity contribution in [2.75, 3.05) is 18.5 Å². The molecule has 4 rings (SSSR count). The lowest BCUT2D eigenvalue weighted by Crippen LogP contribution is -2.20. The Kier molecular flexibility index (Phi) is 5.75. The molecule has 1 atom stereocenters. The van der Waals surface area contributed by atoms with Gasteiger partial charge >= 0.3 is 0 Å². The van der Waals surface area contributed by atoms with E-state index in [0.29, 0.717) is 12.3 Å². The quantitative estimate of drug-likeness (QED) is 0.602. The van der Waals surface area contributed by atoms with Crippen LogP contribution in [0.4, 0.5) is 10.1 Å². The van der Waals surface area contributed by atoms with Gasteiger partial charge in [0.05, 0.1) is 22.4 Å². The third kappa shape index (κ3) is 4.17. The van der Waals surface area contributed by atoms with Crippen LogP contribution in [0.15, 0.2) is 35.3 Å². The van der Waals surface area contributed by atoms with E-state index in [0.717, 1.165) is 42.2 Å². The van der Waals surface area contributed by atoms with Crippen molar-refractivity contribution < 1.29 is 13.9 Å². The molecular formula is C20H19ClFIN2O2. The Morgan fingerprint density at radius 1 is 1.37 bits per heavy atom. The fourth-order valence-corrected chi connectivity index (χ4v) is 5.16. The third-order valence-corrected chi connectivity index (χ3v) is 6.90. The normalized spacial score (nSPS) is 18.5. The number of anilines is 1. The van der Waals surface area contributed by atoms with Crippen LogP contribution in [-0.4, -0.2) is 29.3 Å². The third-order valence-electron chi connectivity index (χ3n) is 4.49. The summed E-state index contributed by atoms with van der Waals surface area (Å²) in [5.41, 5.74) is 2.94. The minimum Gasteiger partial charge on any atom is -0.488 e. The number of benzene rings is 2. The van der Waals surface area contributed by atoms with Gasteiger partial charge < -0.3 is 14.8 Å². The zero-order chi connectivity index (χ0) is 18.8. The molecule has 27 heavy (non-hydrogen) atoms. The molecule has 0 amide bonds. The first kappa shape index (κ1) is 18.8. The standard InChI is InChI=1S/C20H19ClFIN2O2/c1-2-12-7-15-18(9-19(12)27-14-5-6-26-10-14)23-11-24-20(15)25-13-3-4-17(22)16(21)8-13/h3-4,7-9,11,14H,2,5-6,10H2,1H3,(H,24,25). The zero-order valence-corrected chi connectivity index (χ0v) is 17.7. The summed E-state index contributed by atoms with van der Waals surface area (Å²) in [5.74, 6) is 1.27. The Morgan fingerprint density at radius 3 is 3.00 bits per heavy atom. The maximum absolute atomic E-state index is 13.4. The van der Waals surface area contributed by atoms with Gasteiger partial charge in [0, 0.05) is 21.2 Å². The molecule has 1 saturated heterocycles. The van der Waals surface area contributed by atoms with Crippen LogP contribution >= 0.6 is 32.3 Å². The van der Waals surface area contributed by atoms with E-state index in [1.165, 1.54) is 9.64 Å². The lowest BCUT2D eigenvalue weighted by atomic mass is 10.1. The second-order valence-corrected chi connectivity index (χ2v) is 9.08. The van der Waals surface area contributed by atoms with Crippen LogP contribution < -0.4 is 10.1 Å². The number of nitrogens with zero attached hydrogens (tertiary/aromatic N) is 1. The summed E-state index contributed by atoms with van der Waals surface area (Å²) in [6.07, 6.45) is 1.93. The number of nitrogens with one attached hydrogen (secondary N) is 1. The van der Waals surface area contributed by atoms with Crippen LogP contribution in [0.25, 0.3) is 0 Å². The van der Waals surface area contributed by atoms with Crippen molar-refractivity contribution in [3.63, 3.8) is 0 Å². The smallest absolute Gasteiger partial charge is 0.141 e. The van der Waals surface area contributed by atoms with Crippen molar-refractivity contribution in [1.29, 1.82) is 0 Å². The van der Waals surface area contributed by atoms with Crippen LogP contribution in [0, 0.1) is 9.39 Å². The number of hydrogen-bond donors (Lipinski definition) is 1. The lowest BCUT2D eigenvalue weighted by molar-refractivity contribution is 0.140. The number of halogens is 3. The highest BCUT2D eigenvalue weighted by Crippen LogP contribution is 2.32. The molecule has 1 fully saturated rings. The Bertz CT molecular complexity index is 926. The van der Waals surface area contributed by atoms with Crippen molar-refractivity contribution in [3.05, 3.63) is 55.9 Å². The van der Waals surface area contributed by atoms with E-state index in [4.69, 9.17) is 21.1 Å². The molecule has 2 aromatic carbocycles. The summed E-state index contributed by atoms with van der Waals surface area (Å²) in [7, 11) is 0. The maximum Gasteiger partial charge on any atom is 0.141 e. The van der Waals surface area contributed by atoms with Crippen LogP contribution in [0.5, 0.6) is 5.75 Å². The molecule has 1 unspecified atom stereocenters. The maximum atomic E-state index is 13.4. The molecule has 0 saturated carbocycles. The van der Waals surface area contributed by atoms with Crippen LogP contribution in [0.1, 0.15) is 24.5 Å². The van der Waals surface area contributed by atoms with Gasteiger partial charge in [-0.3, -0.25) is 0 Å². The lowest BCUT2D eigenvalue weighted by Gasteiger charge is -2.20. The van der Waals surface area contributed by atoms with Crippen molar-refractivity contribution in [1.82, 2.24) is 0 Å². The first-order valence-electron chi connectivity index (χ1n) is 8.80. The Balaban J connectivity index is 1.63. The number of fused-ring (bicyclic) bond motifs is 1. The van der Waals surface area contributed by atoms with Crippen molar-refractivity contribution in [2.24, 2.45) is 4.99 Å². The molecule has 2 aliphatic rings. The minimum atomic E-state index is -0.434. The van der Waals surface area contributed by atoms with Gasteiger partial charge in [0.1, 0.15) is 23.5 Å². The average Bonchev–Trinajstić information content (AvgIpc) is 3.17. The highest BCUT2D eigenvalue weighted by Gasteiger charge is 2.21. The molecule has 0 aliphatic carbocycles. The van der Waals surface area contributed by atoms with E-state index in [9.17, 15) is 4.39 Å². The molecule has 1 N–H and O–H groups in total. The number of amidine groups is 1. The Labute approximate surface area is 172 Å². The highest BCUT2D eigenvalue weighted by atomic mass is 127. The zero-order valence-electron chi connectivity index (χ0n) is 14.8. The van der Waals surface area contributed by atoms with Gasteiger partial charge in [-0.15, -0.1) is 0 Å². The molecule has 0 spiro atoms. The SMILES string of the molecule is CCc1cc2c(cc1OC1CCOC1)I=CN=C2Nc1ccc(F)c(Cl)c1. The summed E-state index contributed by atoms with van der Waals surface area (Å²) in [5, 5.41) is 3.36. The van der Waals surface area contributed by atoms with Crippen LogP contribution in [0.3, 0.4) is 0 Å². The molecule has 2 aromatic rings. The summed E-state index contributed by atoms with van der Waals surface area (Å²) in [6, 6.07) is 8.89. The number of ether oxygens (including phenoxy) is 2. The molecule has 2 aliphatic heterocycles. The summed E-state index contributed by atoms with van der Waals surface area (Å²) in [4.78, 5) is 4.56. The van der Waals surface area contributed by atoms with Gasteiger partial charge in [0.2, 0.25) is 0 Å². The Morgan fingerprint density at radius 2 is 2.26 bits per heavy atom. The monoisotopic (exact) mass is 500 g/mol. The number of rotatable bonds is 4. The van der Waals surface area contributed by atoms with E-state index in [-0.39, 0.29) is 31.9 Å². The van der Waals surface area contributed by atoms with Crippen LogP contribution in [0.2, 0.25) is 5.02 Å². The minimum absolute atomic E-state index is 0.0878. The molecule has 2 heterocycles. The molecule has 7 heteroatoms. The largest absolute Gasteiger partial charge is 0.488 e. The van der Waals surface area contributed by atoms with Crippen molar-refractivity contribution in [2.45, 2.75) is 25.9 Å². The van der Waals surface area contributed by atoms with Crippen molar-refractivity contribution >= 4 is 48.0 Å². The molecule has 4 nitrogen and oxygen atoms in total. The first-order chi connectivity index (χ1) is 13.1. The van der Waals surface area contributed by atoms with Gasteiger partial charge in [-0.05, 0) is 42.3 Å². The van der Waals surface area contributed by atoms with Gasteiger partial charge in [-0.25, -0.2) is 9.38 Å². The van der Waals surface area contributed by atoms with E-state index in [1.54, 1.807) is 12.1 Å². The number of aryl methyl sites for hydroxylation is 1. The van der Waals surface area contributed by atoms with Gasteiger partial charge in [-0.2, -0.15) is 0 Å². The van der Waals surface area contributed by atoms with E-state index in [2.05, 4.69) is 29.4 Å². The molecule has 0 radical (unpaired) electrons. The second kappa shape index (κ2) is 8.24. The summed E-state index contributed by atoms with van der Waals surface area (Å²) >= 11 is 5.57. The average molecular weight is 501 g/mol. The molecule has 0 bridgehead atoms. The second-order valence-electron chi connectivity index (χ2n) is 6.34. The first-order valence-corrected chi connectivity index (χ1v) is 11.5. The van der Waals surface area contributed by atoms with E-state index < -0.39 is 5.82 Å². The van der Waals surface area contributed by atoms with Crippen molar-refractivity contribution in [3.8, 4) is 5.75 Å². The van der Waals surface area contributed by atoms with Gasteiger partial charge in [0.15, 0.2) is 0 Å². The number of aliphatic imine (C=N–C) groups is 1. The van der Waals surface area contributed by atoms with Gasteiger partial charge in [-0.1, -0.05) is 39.3 Å². The van der Waals surface area contributed by atoms with Gasteiger partial charge in [0.25, 0.3) is 0 Å². The predicted molar refractivity (Wildman–Crippen MR) is 116 cm³/mol. The highest BCUT2D eigenvalue weighted by molar-refractivity contribution is 14.2. The summed E-state index contributed by atoms with van der Waals surface area (Å²) < 4.78 is 28.3. The molecular weight excluding hydrogens is 482 g/mol. The summed E-state index contributed by atoms with van der Waals surface area (Å²) in [6.45, 7) is 3.54. The fourth-order valence-electron chi connectivity index (χ4n) is 3.05. The van der Waals surface area contributed by atoms with Crippen LogP contribution in [-0.2, 0) is 11.2 Å². The molecule has 142 valence electrons. The van der Waals surface area contributed by atoms with E-state index in [1.807, 2.05) is 4.14 Å². The molecule has 0 aromatic heterocycles. The predicted octanol–water partition coefficient (Wildman–Crippen LogP) is 4.98. The fraction of sp³-hybridized carbons (Fsp3) is 0.300.